The average molecular weight is 353 g/mol. The molecule has 1 aromatic rings. The Balaban J connectivity index is -0.000000148. The van der Waals surface area contributed by atoms with Crippen LogP contribution in [0.2, 0.25) is 0 Å². The van der Waals surface area contributed by atoms with Gasteiger partial charge in [0.2, 0.25) is 0 Å². The molecule has 0 unspecified atom stereocenters. The van der Waals surface area contributed by atoms with Crippen molar-refractivity contribution in [1.82, 2.24) is 0 Å². The van der Waals surface area contributed by atoms with E-state index in [4.69, 9.17) is 14.6 Å². The van der Waals surface area contributed by atoms with Crippen LogP contribution >= 0.6 is 8.69 Å². The Morgan fingerprint density at radius 2 is 1.73 bits per heavy atom. The van der Waals surface area contributed by atoms with Crippen molar-refractivity contribution < 1.29 is 61.1 Å². The molecule has 4 nitrogen and oxygen atoms in total. The molecule has 0 bridgehead atoms. The van der Waals surface area contributed by atoms with E-state index in [0.29, 0.717) is 0 Å². The van der Waals surface area contributed by atoms with E-state index >= 15 is 0 Å². The molecule has 1 aromatic carbocycles. The molecule has 0 heterocycles. The van der Waals surface area contributed by atoms with E-state index in [1.807, 2.05) is 30.3 Å². The van der Waals surface area contributed by atoms with E-state index in [1.165, 1.54) is 0 Å². The second-order valence-corrected chi connectivity index (χ2v) is 1.94. The Kier molecular flexibility index (Phi) is 26.9. The number of hydrogen-bond donors (Lipinski definition) is 1. The summed E-state index contributed by atoms with van der Waals surface area (Å²) in [5, 5.41) is 7.66. The molecular formula is C9H10CeO4P. The molecule has 0 saturated heterocycles. The first-order chi connectivity index (χ1) is 6.68. The monoisotopic (exact) mass is 353 g/mol. The van der Waals surface area contributed by atoms with Crippen molar-refractivity contribution in [2.45, 2.75) is 6.42 Å². The van der Waals surface area contributed by atoms with Crippen LogP contribution in [0.25, 0.3) is 0 Å². The maximum absolute atomic E-state index is 9.31. The van der Waals surface area contributed by atoms with Crippen molar-refractivity contribution in [2.24, 2.45) is 0 Å². The van der Waals surface area contributed by atoms with Crippen LogP contribution in [0.1, 0.15) is 6.42 Å². The standard InChI is InChI=1S/C6H5.C3H5O2.Ce.HO2P/c1-2-4-6-5-3-1;1-2-3(4)5;;1-3-2/h1-5H;1-2H2,(H,4,5);;(H,1,2)/q2*-1;+3;/p-1. The van der Waals surface area contributed by atoms with Gasteiger partial charge in [-0.25, -0.2) is 0 Å². The Hall–Kier alpha value is 0.127. The van der Waals surface area contributed by atoms with Crippen LogP contribution in [0.5, 0.6) is 0 Å². The molecule has 0 aliphatic carbocycles. The summed E-state index contributed by atoms with van der Waals surface area (Å²) in [5.41, 5.74) is 0. The second-order valence-electron chi connectivity index (χ2n) is 1.80. The Morgan fingerprint density at radius 1 is 1.40 bits per heavy atom. The number of hydrogen-bond acceptors (Lipinski definition) is 3. The van der Waals surface area contributed by atoms with Gasteiger partial charge in [0.1, 0.15) is 0 Å². The van der Waals surface area contributed by atoms with Crippen molar-refractivity contribution in [3.8, 4) is 0 Å². The quantitative estimate of drug-likeness (QED) is 0.611. The van der Waals surface area contributed by atoms with Gasteiger partial charge in [-0.2, -0.15) is 36.4 Å². The van der Waals surface area contributed by atoms with E-state index in [0.717, 1.165) is 0 Å². The maximum atomic E-state index is 9.31. The molecule has 0 atom stereocenters. The van der Waals surface area contributed by atoms with Gasteiger partial charge < -0.3 is 16.9 Å². The topological polar surface area (TPSA) is 77.4 Å². The minimum absolute atomic E-state index is 0. The predicted molar refractivity (Wildman–Crippen MR) is 50.5 cm³/mol. The van der Waals surface area contributed by atoms with Crippen LogP contribution in [0, 0.1) is 54.7 Å². The van der Waals surface area contributed by atoms with Gasteiger partial charge in [-0.15, -0.1) is 0 Å². The molecular weight excluding hydrogens is 343 g/mol. The van der Waals surface area contributed by atoms with Gasteiger partial charge in [-0.1, -0.05) is 6.42 Å². The van der Waals surface area contributed by atoms with Gasteiger partial charge >= 0.3 is 41.7 Å². The maximum Gasteiger partial charge on any atom is 3.00 e. The SMILES string of the molecule is O=P[O-].[CH2-]CC(=O)O.[Ce+3].[c-]1ccccc1. The summed E-state index contributed by atoms with van der Waals surface area (Å²) in [5.74, 6) is -0.856. The zero-order chi connectivity index (χ0) is 11.2. The number of carbonyl (C=O) groups is 1. The summed E-state index contributed by atoms with van der Waals surface area (Å²) in [6.45, 7) is 3.09. The smallest absolute Gasteiger partial charge is 0.772 e. The summed E-state index contributed by atoms with van der Waals surface area (Å²) in [7, 11) is -1.08. The summed E-state index contributed by atoms with van der Waals surface area (Å²) in [6.07, 6.45) is -0.0278. The number of carboxylic acid groups (broad SMARTS) is 1. The minimum atomic E-state index is -1.08. The third kappa shape index (κ3) is 31.5. The predicted octanol–water partition coefficient (Wildman–Crippen LogP) is 1.34. The summed E-state index contributed by atoms with van der Waals surface area (Å²) in [6, 6.07) is 12.5. The molecule has 0 aliphatic rings. The van der Waals surface area contributed by atoms with Gasteiger partial charge in [-0.05, 0) is 0 Å². The number of rotatable bonds is 1. The van der Waals surface area contributed by atoms with Crippen molar-refractivity contribution in [2.75, 3.05) is 0 Å². The van der Waals surface area contributed by atoms with Gasteiger partial charge in [0.15, 0.2) is 0 Å². The van der Waals surface area contributed by atoms with Crippen molar-refractivity contribution >= 4 is 14.7 Å². The van der Waals surface area contributed by atoms with Crippen molar-refractivity contribution in [3.63, 3.8) is 0 Å². The molecule has 79 valence electrons. The van der Waals surface area contributed by atoms with Crippen LogP contribution < -0.4 is 4.89 Å². The first kappa shape index (κ1) is 20.5. The van der Waals surface area contributed by atoms with E-state index in [-0.39, 0.29) is 48.2 Å². The van der Waals surface area contributed by atoms with E-state index in [2.05, 4.69) is 13.0 Å². The molecule has 1 rings (SSSR count). The largest absolute Gasteiger partial charge is 3.00 e. The normalized spacial score (nSPS) is 7.07. The fraction of sp³-hybridized carbons (Fsp3) is 0.111. The molecule has 0 aromatic heterocycles. The molecule has 0 fully saturated rings. The zero-order valence-electron chi connectivity index (χ0n) is 7.92. The van der Waals surface area contributed by atoms with Crippen LogP contribution in [0.15, 0.2) is 30.3 Å². The third-order valence-electron chi connectivity index (χ3n) is 0.821. The summed E-state index contributed by atoms with van der Waals surface area (Å²) >= 11 is 0. The average Bonchev–Trinajstić information content (AvgIpc) is 2.22. The number of benzene rings is 1. The zero-order valence-corrected chi connectivity index (χ0v) is 12.0. The second kappa shape index (κ2) is 19.7. The van der Waals surface area contributed by atoms with Crippen LogP contribution in [-0.4, -0.2) is 11.1 Å². The van der Waals surface area contributed by atoms with E-state index < -0.39 is 14.7 Å². The van der Waals surface area contributed by atoms with Crippen LogP contribution in [0.4, 0.5) is 0 Å². The molecule has 6 heteroatoms. The summed E-state index contributed by atoms with van der Waals surface area (Å²) in [4.78, 5) is 17.7. The fourth-order valence-corrected chi connectivity index (χ4v) is 0.342. The minimum Gasteiger partial charge on any atom is -0.772 e. The number of carboxylic acids is 1. The molecule has 1 radical (unpaired) electrons. The van der Waals surface area contributed by atoms with Gasteiger partial charge in [0.05, 0.1) is 8.69 Å². The van der Waals surface area contributed by atoms with E-state index in [1.54, 1.807) is 0 Å². The van der Waals surface area contributed by atoms with Crippen LogP contribution in [0.3, 0.4) is 0 Å². The number of aliphatic carboxylic acids is 1. The molecule has 0 saturated carbocycles. The summed E-state index contributed by atoms with van der Waals surface area (Å²) < 4.78 is 8.35. The molecule has 0 spiro atoms. The van der Waals surface area contributed by atoms with E-state index in [9.17, 15) is 4.79 Å². The fourth-order valence-electron chi connectivity index (χ4n) is 0.342. The van der Waals surface area contributed by atoms with Gasteiger partial charge in [-0.3, -0.25) is 9.36 Å². The van der Waals surface area contributed by atoms with Gasteiger partial charge in [0.25, 0.3) is 5.97 Å². The molecule has 0 amide bonds. The third-order valence-corrected chi connectivity index (χ3v) is 0.821. The Bertz CT molecular complexity index is 204. The van der Waals surface area contributed by atoms with Crippen molar-refractivity contribution in [3.05, 3.63) is 43.3 Å². The van der Waals surface area contributed by atoms with Crippen molar-refractivity contribution in [1.29, 1.82) is 0 Å². The first-order valence-corrected chi connectivity index (χ1v) is 4.29. The first-order valence-electron chi connectivity index (χ1n) is 3.56. The Labute approximate surface area is 124 Å². The van der Waals surface area contributed by atoms with Crippen LogP contribution in [-0.2, 0) is 9.36 Å². The molecule has 1 N–H and O–H groups in total. The van der Waals surface area contributed by atoms with Gasteiger partial charge in [0, 0.05) is 0 Å². The molecule has 0 aliphatic heterocycles. The Morgan fingerprint density at radius 3 is 1.80 bits per heavy atom. The molecule has 15 heavy (non-hydrogen) atoms.